The molecule has 48 valence electrons. The van der Waals surface area contributed by atoms with Gasteiger partial charge in [0.05, 0.1) is 0 Å². The molecule has 2 atom stereocenters. The van der Waals surface area contributed by atoms with Gasteiger partial charge in [-0.3, -0.25) is 0 Å². The van der Waals surface area contributed by atoms with Crippen LogP contribution in [0.2, 0.25) is 0 Å². The zero-order valence-electron chi connectivity index (χ0n) is 4.93. The van der Waals surface area contributed by atoms with Gasteiger partial charge in [0.25, 0.3) is 0 Å². The molecule has 0 radical (unpaired) electrons. The third-order valence-electron chi connectivity index (χ3n) is 1.50. The largest absolute Gasteiger partial charge is 0.123 e. The minimum atomic E-state index is -0.898. The standard InChI is InChI=1S/C5H10ClPS/c1-7(8)3-2-5(6)4-7/h5H,2-4H2,1H3. The van der Waals surface area contributed by atoms with E-state index in [4.69, 9.17) is 23.4 Å². The van der Waals surface area contributed by atoms with Crippen molar-refractivity contribution in [1.82, 2.24) is 0 Å². The van der Waals surface area contributed by atoms with Gasteiger partial charge in [0, 0.05) is 5.38 Å². The summed E-state index contributed by atoms with van der Waals surface area (Å²) in [4.78, 5) is 0. The monoisotopic (exact) mass is 168 g/mol. The van der Waals surface area contributed by atoms with Crippen molar-refractivity contribution in [3.05, 3.63) is 0 Å². The first-order valence-electron chi connectivity index (χ1n) is 2.80. The molecule has 0 aromatic rings. The Bertz CT molecular complexity index is 134. The Labute approximate surface area is 60.6 Å². The molecule has 3 heteroatoms. The summed E-state index contributed by atoms with van der Waals surface area (Å²) in [7, 11) is 0. The highest BCUT2D eigenvalue weighted by atomic mass is 35.5. The molecule has 0 amide bonds. The molecule has 0 aromatic carbocycles. The fourth-order valence-electron chi connectivity index (χ4n) is 1.01. The summed E-state index contributed by atoms with van der Waals surface area (Å²) in [5, 5.41) is 0.408. The molecule has 0 spiro atoms. The Morgan fingerprint density at radius 2 is 2.38 bits per heavy atom. The minimum absolute atomic E-state index is 0.408. The first-order valence-corrected chi connectivity index (χ1v) is 6.85. The van der Waals surface area contributed by atoms with Gasteiger partial charge in [0.1, 0.15) is 0 Å². The van der Waals surface area contributed by atoms with Gasteiger partial charge in [-0.25, -0.2) is 0 Å². The van der Waals surface area contributed by atoms with Crippen LogP contribution in [0, 0.1) is 0 Å². The quantitative estimate of drug-likeness (QED) is 0.394. The zero-order valence-corrected chi connectivity index (χ0v) is 7.40. The number of alkyl halides is 1. The van der Waals surface area contributed by atoms with Crippen LogP contribution in [0.5, 0.6) is 0 Å². The molecule has 1 heterocycles. The molecular weight excluding hydrogens is 159 g/mol. The Kier molecular flexibility index (Phi) is 2.01. The Balaban J connectivity index is 2.57. The second-order valence-corrected chi connectivity index (χ2v) is 9.26. The van der Waals surface area contributed by atoms with Crippen LogP contribution in [0.25, 0.3) is 0 Å². The Morgan fingerprint density at radius 3 is 2.50 bits per heavy atom. The lowest BCUT2D eigenvalue weighted by Gasteiger charge is -2.03. The second kappa shape index (κ2) is 2.28. The number of rotatable bonds is 0. The Hall–Kier alpha value is 0.940. The molecule has 1 aliphatic rings. The summed E-state index contributed by atoms with van der Waals surface area (Å²) in [6.07, 6.45) is 3.52. The molecule has 0 saturated carbocycles. The van der Waals surface area contributed by atoms with Crippen LogP contribution in [0.15, 0.2) is 0 Å². The second-order valence-electron chi connectivity index (χ2n) is 2.59. The SMILES string of the molecule is CP1(=S)CCC(Cl)C1. The summed E-state index contributed by atoms with van der Waals surface area (Å²) in [5.74, 6) is 0. The fraction of sp³-hybridized carbons (Fsp3) is 1.00. The van der Waals surface area contributed by atoms with Gasteiger partial charge in [-0.15, -0.1) is 11.6 Å². The summed E-state index contributed by atoms with van der Waals surface area (Å²) in [5.41, 5.74) is 0. The first kappa shape index (κ1) is 7.05. The van der Waals surface area contributed by atoms with Crippen LogP contribution in [-0.4, -0.2) is 24.4 Å². The van der Waals surface area contributed by atoms with E-state index in [-0.39, 0.29) is 0 Å². The molecule has 0 aliphatic carbocycles. The molecule has 1 rings (SSSR count). The van der Waals surface area contributed by atoms with E-state index in [2.05, 4.69) is 6.66 Å². The number of halogens is 1. The van der Waals surface area contributed by atoms with Crippen molar-refractivity contribution in [2.75, 3.05) is 19.0 Å². The van der Waals surface area contributed by atoms with E-state index in [1.54, 1.807) is 0 Å². The van der Waals surface area contributed by atoms with Crippen molar-refractivity contribution in [2.45, 2.75) is 11.8 Å². The lowest BCUT2D eigenvalue weighted by atomic mass is 10.4. The molecular formula is C5H10ClPS. The van der Waals surface area contributed by atoms with Crippen LogP contribution in [0.3, 0.4) is 0 Å². The average Bonchev–Trinajstić information content (AvgIpc) is 1.82. The summed E-state index contributed by atoms with van der Waals surface area (Å²) < 4.78 is 0. The normalized spacial score (nSPS) is 47.5. The molecule has 0 aromatic heterocycles. The molecule has 1 fully saturated rings. The maximum absolute atomic E-state index is 5.86. The number of hydrogen-bond acceptors (Lipinski definition) is 1. The van der Waals surface area contributed by atoms with Crippen molar-refractivity contribution in [3.8, 4) is 0 Å². The summed E-state index contributed by atoms with van der Waals surface area (Å²) in [6.45, 7) is 2.21. The molecule has 1 aliphatic heterocycles. The summed E-state index contributed by atoms with van der Waals surface area (Å²) in [6, 6.07) is -0.898. The van der Waals surface area contributed by atoms with Crippen molar-refractivity contribution in [3.63, 3.8) is 0 Å². The van der Waals surface area contributed by atoms with E-state index in [9.17, 15) is 0 Å². The van der Waals surface area contributed by atoms with Gasteiger partial charge in [0.2, 0.25) is 0 Å². The predicted octanol–water partition coefficient (Wildman–Crippen LogP) is 2.11. The molecule has 0 bridgehead atoms. The molecule has 0 N–H and O–H groups in total. The maximum Gasteiger partial charge on any atom is 0.0386 e. The highest BCUT2D eigenvalue weighted by molar-refractivity contribution is 8.14. The van der Waals surface area contributed by atoms with E-state index in [0.29, 0.717) is 5.38 Å². The van der Waals surface area contributed by atoms with Crippen LogP contribution in [0.1, 0.15) is 6.42 Å². The van der Waals surface area contributed by atoms with E-state index in [0.717, 1.165) is 12.6 Å². The molecule has 0 nitrogen and oxygen atoms in total. The van der Waals surface area contributed by atoms with Crippen LogP contribution >= 0.6 is 17.6 Å². The van der Waals surface area contributed by atoms with Crippen molar-refractivity contribution < 1.29 is 0 Å². The van der Waals surface area contributed by atoms with Crippen molar-refractivity contribution in [2.24, 2.45) is 0 Å². The molecule has 8 heavy (non-hydrogen) atoms. The van der Waals surface area contributed by atoms with E-state index >= 15 is 0 Å². The topological polar surface area (TPSA) is 0 Å². The van der Waals surface area contributed by atoms with Gasteiger partial charge in [-0.2, -0.15) is 0 Å². The summed E-state index contributed by atoms with van der Waals surface area (Å²) >= 11 is 11.2. The third kappa shape index (κ3) is 1.72. The van der Waals surface area contributed by atoms with Crippen molar-refractivity contribution in [1.29, 1.82) is 0 Å². The molecule has 2 unspecified atom stereocenters. The van der Waals surface area contributed by atoms with E-state index in [1.807, 2.05) is 0 Å². The predicted molar refractivity (Wildman–Crippen MR) is 44.2 cm³/mol. The average molecular weight is 169 g/mol. The minimum Gasteiger partial charge on any atom is -0.123 e. The highest BCUT2D eigenvalue weighted by Gasteiger charge is 2.23. The first-order chi connectivity index (χ1) is 3.60. The molecule has 1 saturated heterocycles. The van der Waals surface area contributed by atoms with Gasteiger partial charge >= 0.3 is 0 Å². The van der Waals surface area contributed by atoms with E-state index in [1.165, 1.54) is 6.16 Å². The third-order valence-corrected chi connectivity index (χ3v) is 5.50. The lowest BCUT2D eigenvalue weighted by molar-refractivity contribution is 0.959. The van der Waals surface area contributed by atoms with Crippen LogP contribution in [0.4, 0.5) is 0 Å². The van der Waals surface area contributed by atoms with Crippen LogP contribution < -0.4 is 0 Å². The van der Waals surface area contributed by atoms with Crippen LogP contribution in [-0.2, 0) is 11.8 Å². The lowest BCUT2D eigenvalue weighted by Crippen LogP contribution is -1.92. The van der Waals surface area contributed by atoms with Gasteiger partial charge < -0.3 is 0 Å². The van der Waals surface area contributed by atoms with Crippen molar-refractivity contribution >= 4 is 29.4 Å². The zero-order chi connectivity index (χ0) is 6.20. The maximum atomic E-state index is 5.86. The Morgan fingerprint density at radius 1 is 1.75 bits per heavy atom. The highest BCUT2D eigenvalue weighted by Crippen LogP contribution is 2.49. The van der Waals surface area contributed by atoms with E-state index < -0.39 is 6.04 Å². The smallest absolute Gasteiger partial charge is 0.0386 e. The number of hydrogen-bond donors (Lipinski definition) is 0. The fourth-order valence-corrected chi connectivity index (χ4v) is 5.35. The van der Waals surface area contributed by atoms with Gasteiger partial charge in [-0.05, 0) is 31.4 Å². The van der Waals surface area contributed by atoms with Gasteiger partial charge in [-0.1, -0.05) is 11.8 Å². The van der Waals surface area contributed by atoms with Gasteiger partial charge in [0.15, 0.2) is 0 Å².